The molecule has 0 fully saturated rings. The van der Waals surface area contributed by atoms with Crippen molar-refractivity contribution in [1.82, 2.24) is 0 Å². The fourth-order valence-corrected chi connectivity index (χ4v) is 4.24. The lowest BCUT2D eigenvalue weighted by Crippen LogP contribution is -2.38. The van der Waals surface area contributed by atoms with Crippen molar-refractivity contribution >= 4 is 11.4 Å². The molecule has 0 aliphatic carbocycles. The van der Waals surface area contributed by atoms with E-state index in [9.17, 15) is 0 Å². The molecule has 0 amide bonds. The zero-order valence-corrected chi connectivity index (χ0v) is 21.2. The van der Waals surface area contributed by atoms with Gasteiger partial charge in [0.25, 0.3) is 0 Å². The Balaban J connectivity index is 0.00000167. The van der Waals surface area contributed by atoms with Gasteiger partial charge in [0.15, 0.2) is 0 Å². The largest absolute Gasteiger partial charge is 0.494 e. The molecular weight excluding hydrogens is 428 g/mol. The third kappa shape index (κ3) is 5.81. The molecule has 0 spiro atoms. The fraction of sp³-hybridized carbons (Fsp3) is 0.219. The summed E-state index contributed by atoms with van der Waals surface area (Å²) in [6.45, 7) is 8.57. The van der Waals surface area contributed by atoms with Gasteiger partial charge in [-0.3, -0.25) is 0 Å². The molecule has 180 valence electrons. The second-order valence-electron chi connectivity index (χ2n) is 8.15. The number of hydrogen-bond acceptors (Lipinski definition) is 3. The topological polar surface area (TPSA) is 45.1 Å². The molecule has 0 atom stereocenters. The van der Waals surface area contributed by atoms with Crippen molar-refractivity contribution in [2.45, 2.75) is 39.7 Å². The normalized spacial score (nSPS) is 10.6. The van der Waals surface area contributed by atoms with Gasteiger partial charge < -0.3 is 15.5 Å². The lowest BCUT2D eigenvalue weighted by Gasteiger charge is -2.38. The van der Waals surface area contributed by atoms with E-state index in [1.807, 2.05) is 57.2 Å². The summed E-state index contributed by atoms with van der Waals surface area (Å²) in [5, 5.41) is 12.4. The van der Waals surface area contributed by atoms with Crippen LogP contribution in [0.2, 0.25) is 0 Å². The molecule has 4 rings (SSSR count). The van der Waals surface area contributed by atoms with Crippen LogP contribution in [-0.2, 0) is 5.54 Å². The highest BCUT2D eigenvalue weighted by molar-refractivity contribution is 6.02. The van der Waals surface area contributed by atoms with Crippen LogP contribution in [0.25, 0.3) is 0 Å². The molecule has 0 aliphatic rings. The summed E-state index contributed by atoms with van der Waals surface area (Å²) >= 11 is 0. The first-order valence-corrected chi connectivity index (χ1v) is 12.4. The molecule has 3 heteroatoms. The van der Waals surface area contributed by atoms with Gasteiger partial charge in [0.2, 0.25) is 0 Å². The lowest BCUT2D eigenvalue weighted by atomic mass is 9.76. The van der Waals surface area contributed by atoms with Crippen LogP contribution < -0.4 is 10.1 Å². The standard InChI is InChI=1S/C30H30N2O.C2H6/c1-3-21-33-27-19-20-29(28(22-27)23(2)31)32-30(24-13-7-4-8-14-24,25-15-9-5-10-16-25)26-17-11-6-12-18-26;1-2/h4-20,22,31-32H,3,21H2,1-2H3;1-2H3. The summed E-state index contributed by atoms with van der Waals surface area (Å²) in [4.78, 5) is 0. The quantitative estimate of drug-likeness (QED) is 0.193. The highest BCUT2D eigenvalue weighted by atomic mass is 16.5. The van der Waals surface area contributed by atoms with Crippen molar-refractivity contribution in [2.75, 3.05) is 11.9 Å². The molecule has 2 N–H and O–H groups in total. The van der Waals surface area contributed by atoms with Crippen LogP contribution in [0, 0.1) is 5.41 Å². The number of anilines is 1. The summed E-state index contributed by atoms with van der Waals surface area (Å²) in [5.41, 5.74) is 4.95. The summed E-state index contributed by atoms with van der Waals surface area (Å²) in [7, 11) is 0. The molecule has 0 saturated carbocycles. The Bertz CT molecular complexity index is 1090. The van der Waals surface area contributed by atoms with Crippen LogP contribution in [0.15, 0.2) is 109 Å². The maximum atomic E-state index is 8.48. The first-order valence-electron chi connectivity index (χ1n) is 12.4. The van der Waals surface area contributed by atoms with Crippen LogP contribution in [0.5, 0.6) is 5.75 Å². The van der Waals surface area contributed by atoms with Crippen LogP contribution in [0.3, 0.4) is 0 Å². The molecule has 0 unspecified atom stereocenters. The SMILES string of the molecule is CC.CCCOc1ccc(NC(c2ccccc2)(c2ccccc2)c2ccccc2)c(C(C)=N)c1. The van der Waals surface area contributed by atoms with Gasteiger partial charge in [0.1, 0.15) is 11.3 Å². The molecule has 4 aromatic carbocycles. The maximum absolute atomic E-state index is 8.48. The molecule has 0 aromatic heterocycles. The highest BCUT2D eigenvalue weighted by Crippen LogP contribution is 2.41. The van der Waals surface area contributed by atoms with Crippen molar-refractivity contribution in [3.63, 3.8) is 0 Å². The minimum atomic E-state index is -0.639. The minimum Gasteiger partial charge on any atom is -0.494 e. The molecule has 0 bridgehead atoms. The molecule has 0 heterocycles. The Hall–Kier alpha value is -3.85. The van der Waals surface area contributed by atoms with Gasteiger partial charge >= 0.3 is 0 Å². The van der Waals surface area contributed by atoms with E-state index in [-0.39, 0.29) is 0 Å². The third-order valence-corrected chi connectivity index (χ3v) is 5.81. The molecule has 0 radical (unpaired) electrons. The molecule has 0 aliphatic heterocycles. The second kappa shape index (κ2) is 12.6. The smallest absolute Gasteiger partial charge is 0.120 e. The molecular formula is C32H36N2O. The van der Waals surface area contributed by atoms with Crippen molar-refractivity contribution < 1.29 is 4.74 Å². The van der Waals surface area contributed by atoms with Crippen LogP contribution >= 0.6 is 0 Å². The average Bonchev–Trinajstić information content (AvgIpc) is 2.93. The predicted molar refractivity (Wildman–Crippen MR) is 149 cm³/mol. The van der Waals surface area contributed by atoms with Crippen molar-refractivity contribution in [3.05, 3.63) is 131 Å². The Morgan fingerprint density at radius 1 is 0.743 bits per heavy atom. The van der Waals surface area contributed by atoms with E-state index < -0.39 is 5.54 Å². The van der Waals surface area contributed by atoms with E-state index in [2.05, 4.69) is 85.0 Å². The zero-order chi connectivity index (χ0) is 25.1. The number of hydrogen-bond donors (Lipinski definition) is 2. The summed E-state index contributed by atoms with van der Waals surface area (Å²) in [5.74, 6) is 0.786. The minimum absolute atomic E-state index is 0.488. The third-order valence-electron chi connectivity index (χ3n) is 5.81. The molecule has 35 heavy (non-hydrogen) atoms. The Morgan fingerprint density at radius 2 is 1.20 bits per heavy atom. The average molecular weight is 465 g/mol. The first kappa shape index (κ1) is 25.8. The van der Waals surface area contributed by atoms with Crippen molar-refractivity contribution in [2.24, 2.45) is 0 Å². The number of benzene rings is 4. The van der Waals surface area contributed by atoms with E-state index in [1.54, 1.807) is 0 Å². The van der Waals surface area contributed by atoms with Gasteiger partial charge in [-0.15, -0.1) is 0 Å². The fourth-order valence-electron chi connectivity index (χ4n) is 4.24. The Morgan fingerprint density at radius 3 is 1.60 bits per heavy atom. The maximum Gasteiger partial charge on any atom is 0.120 e. The summed E-state index contributed by atoms with van der Waals surface area (Å²) in [6.07, 6.45) is 0.942. The van der Waals surface area contributed by atoms with E-state index in [1.165, 1.54) is 0 Å². The van der Waals surface area contributed by atoms with Crippen LogP contribution in [0.4, 0.5) is 5.69 Å². The monoisotopic (exact) mass is 464 g/mol. The number of nitrogens with one attached hydrogen (secondary N) is 2. The molecule has 3 nitrogen and oxygen atoms in total. The number of ether oxygens (including phenoxy) is 1. The van der Waals surface area contributed by atoms with Gasteiger partial charge in [-0.2, -0.15) is 0 Å². The lowest BCUT2D eigenvalue weighted by molar-refractivity contribution is 0.317. The van der Waals surface area contributed by atoms with E-state index in [0.29, 0.717) is 12.3 Å². The zero-order valence-electron chi connectivity index (χ0n) is 21.2. The van der Waals surface area contributed by atoms with E-state index >= 15 is 0 Å². The second-order valence-corrected chi connectivity index (χ2v) is 8.15. The van der Waals surface area contributed by atoms with E-state index in [0.717, 1.165) is 40.1 Å². The highest BCUT2D eigenvalue weighted by Gasteiger charge is 2.36. The predicted octanol–water partition coefficient (Wildman–Crippen LogP) is 8.29. The van der Waals surface area contributed by atoms with Gasteiger partial charge in [0.05, 0.1) is 6.61 Å². The van der Waals surface area contributed by atoms with Gasteiger partial charge in [-0.25, -0.2) is 0 Å². The van der Waals surface area contributed by atoms with Gasteiger partial charge in [-0.1, -0.05) is 112 Å². The van der Waals surface area contributed by atoms with Crippen LogP contribution in [0.1, 0.15) is 56.4 Å². The van der Waals surface area contributed by atoms with E-state index in [4.69, 9.17) is 10.1 Å². The number of rotatable bonds is 9. The van der Waals surface area contributed by atoms with Crippen molar-refractivity contribution in [3.8, 4) is 5.75 Å². The Kier molecular flexibility index (Phi) is 9.25. The summed E-state index contributed by atoms with van der Waals surface area (Å²) in [6, 6.07) is 37.5. The van der Waals surface area contributed by atoms with Gasteiger partial charge in [-0.05, 0) is 48.2 Å². The first-order chi connectivity index (χ1) is 17.1. The molecule has 0 saturated heterocycles. The Labute approximate surface area is 210 Å². The van der Waals surface area contributed by atoms with Crippen LogP contribution in [-0.4, -0.2) is 12.3 Å². The summed E-state index contributed by atoms with van der Waals surface area (Å²) < 4.78 is 5.86. The van der Waals surface area contributed by atoms with Crippen molar-refractivity contribution in [1.29, 1.82) is 5.41 Å². The van der Waals surface area contributed by atoms with Gasteiger partial charge in [0, 0.05) is 17.0 Å². The molecule has 4 aromatic rings.